The Morgan fingerprint density at radius 2 is 0.450 bits per heavy atom. The fourth-order valence-corrected chi connectivity index (χ4v) is 10.7. The molecule has 6 aromatic carbocycles. The largest absolute Gasteiger partial charge is 0.493 e. The average Bonchev–Trinajstić information content (AvgIpc) is 0.780. The van der Waals surface area contributed by atoms with Gasteiger partial charge in [0.1, 0.15) is 0 Å². The fraction of sp³-hybridized carbons (Fsp3) is 0.500. The fourth-order valence-electron chi connectivity index (χ4n) is 10.7. The first kappa shape index (κ1) is 87.4. The summed E-state index contributed by atoms with van der Waals surface area (Å²) in [6.07, 6.45) is 5.60. The normalized spacial score (nSPS) is 11.1. The molecule has 0 bridgehead atoms. The van der Waals surface area contributed by atoms with Crippen LogP contribution in [0.25, 0.3) is 0 Å². The van der Waals surface area contributed by atoms with Crippen molar-refractivity contribution < 1.29 is 71.1 Å². The van der Waals surface area contributed by atoms with Crippen LogP contribution in [0.2, 0.25) is 0 Å². The van der Waals surface area contributed by atoms with Crippen LogP contribution >= 0.6 is 0 Å². The zero-order chi connectivity index (χ0) is 80.8. The van der Waals surface area contributed by atoms with E-state index in [2.05, 4.69) is 99.0 Å². The van der Waals surface area contributed by atoms with Gasteiger partial charge in [0, 0.05) is 92.8 Å². The van der Waals surface area contributed by atoms with Crippen LogP contribution in [0.5, 0.6) is 86.2 Å². The third kappa shape index (κ3) is 25.9. The SMILES string of the molecule is CC(C)CCOc1ccc(Nc2nc(Nc3ccc(OCCC(C)C)c(OCCC(C)C)c3)nc(Nc3ccc(OCCC(C)C)c(OCCC(C)C)c3)n2)cc1OCCC(C)C.COc1cc(N(C)c2nc(N(C)c3cc(OC)c(OC)c(OC)c3)nc(N(C)c3cc(OC)c(OC)c(OC)c3)n2)cc(OC)c1OC. The first-order chi connectivity index (χ1) is 53.2. The van der Waals surface area contributed by atoms with Crippen LogP contribution in [-0.4, -0.2) is 155 Å². The second-order valence-corrected chi connectivity index (χ2v) is 28.9. The van der Waals surface area contributed by atoms with E-state index in [4.69, 9.17) is 101 Å². The van der Waals surface area contributed by atoms with Gasteiger partial charge < -0.3 is 102 Å². The number of ether oxygens (including phenoxy) is 15. The Balaban J connectivity index is 0.000000319. The Kier molecular flexibility index (Phi) is 34.2. The van der Waals surface area contributed by atoms with Crippen molar-refractivity contribution in [3.63, 3.8) is 0 Å². The molecule has 27 heteroatoms. The van der Waals surface area contributed by atoms with E-state index in [1.54, 1.807) is 115 Å². The van der Waals surface area contributed by atoms with Crippen molar-refractivity contribution in [2.45, 2.75) is 122 Å². The molecule has 0 aliphatic heterocycles. The molecule has 0 aliphatic carbocycles. The highest BCUT2D eigenvalue weighted by molar-refractivity contribution is 5.74. The van der Waals surface area contributed by atoms with Gasteiger partial charge in [0.05, 0.1) is 121 Å². The molecule has 8 rings (SSSR count). The molecular weight excluding hydrogens is 1420 g/mol. The summed E-state index contributed by atoms with van der Waals surface area (Å²) in [5, 5.41) is 10.2. The van der Waals surface area contributed by atoms with Gasteiger partial charge in [-0.25, -0.2) is 0 Å². The zero-order valence-corrected chi connectivity index (χ0v) is 69.8. The van der Waals surface area contributed by atoms with Crippen LogP contribution in [0.15, 0.2) is 91.0 Å². The van der Waals surface area contributed by atoms with E-state index in [-0.39, 0.29) is 0 Å². The van der Waals surface area contributed by atoms with Crippen molar-refractivity contribution in [1.82, 2.24) is 29.9 Å². The lowest BCUT2D eigenvalue weighted by molar-refractivity contribution is 0.246. The number of methoxy groups -OCH3 is 9. The van der Waals surface area contributed by atoms with E-state index in [0.29, 0.717) is 214 Å². The Hall–Kier alpha value is -10.9. The Morgan fingerprint density at radius 3 is 0.631 bits per heavy atom. The van der Waals surface area contributed by atoms with Gasteiger partial charge in [0.25, 0.3) is 0 Å². The molecule has 8 aromatic rings. The molecule has 2 heterocycles. The van der Waals surface area contributed by atoms with Crippen molar-refractivity contribution in [3.8, 4) is 86.2 Å². The minimum atomic E-state index is 0.308. The van der Waals surface area contributed by atoms with Gasteiger partial charge >= 0.3 is 0 Å². The first-order valence-electron chi connectivity index (χ1n) is 37.9. The molecular formula is C84H120N12O15. The highest BCUT2D eigenvalue weighted by atomic mass is 16.6. The molecule has 0 radical (unpaired) electrons. The van der Waals surface area contributed by atoms with Crippen LogP contribution in [0, 0.1) is 35.5 Å². The lowest BCUT2D eigenvalue weighted by Gasteiger charge is -2.26. The van der Waals surface area contributed by atoms with E-state index >= 15 is 0 Å². The average molecular weight is 1540 g/mol. The van der Waals surface area contributed by atoms with Crippen molar-refractivity contribution in [2.24, 2.45) is 35.5 Å². The Bertz CT molecular complexity index is 3690. The predicted octanol–water partition coefficient (Wildman–Crippen LogP) is 18.9. The number of aromatic nitrogens is 6. The highest BCUT2D eigenvalue weighted by Gasteiger charge is 2.26. The molecule has 3 N–H and O–H groups in total. The smallest absolute Gasteiger partial charge is 0.236 e. The Labute approximate surface area is 657 Å². The van der Waals surface area contributed by atoms with Crippen LogP contribution < -0.4 is 102 Å². The molecule has 27 nitrogen and oxygen atoms in total. The van der Waals surface area contributed by atoms with Gasteiger partial charge in [0.15, 0.2) is 69.0 Å². The van der Waals surface area contributed by atoms with E-state index < -0.39 is 0 Å². The summed E-state index contributed by atoms with van der Waals surface area (Å²) in [4.78, 5) is 34.5. The lowest BCUT2D eigenvalue weighted by Crippen LogP contribution is -2.22. The number of nitrogens with zero attached hydrogens (tertiary/aromatic N) is 9. The highest BCUT2D eigenvalue weighted by Crippen LogP contribution is 2.47. The minimum absolute atomic E-state index is 0.308. The zero-order valence-electron chi connectivity index (χ0n) is 69.8. The summed E-state index contributed by atoms with van der Waals surface area (Å²) in [5.74, 6) is 13.3. The van der Waals surface area contributed by atoms with Gasteiger partial charge in [-0.3, -0.25) is 0 Å². The maximum Gasteiger partial charge on any atom is 0.236 e. The Morgan fingerprint density at radius 1 is 0.252 bits per heavy atom. The van der Waals surface area contributed by atoms with E-state index in [0.717, 1.165) is 55.6 Å². The summed E-state index contributed by atoms with van der Waals surface area (Å²) in [5.41, 5.74) is 4.21. The van der Waals surface area contributed by atoms with Gasteiger partial charge in [-0.2, -0.15) is 29.9 Å². The quantitative estimate of drug-likeness (QED) is 0.0320. The third-order valence-electron chi connectivity index (χ3n) is 17.6. The molecule has 0 unspecified atom stereocenters. The molecule has 606 valence electrons. The molecule has 0 amide bonds. The van der Waals surface area contributed by atoms with Gasteiger partial charge in [-0.1, -0.05) is 83.1 Å². The van der Waals surface area contributed by atoms with Crippen LogP contribution in [0.4, 0.5) is 69.8 Å². The summed E-state index contributed by atoms with van der Waals surface area (Å²) in [6, 6.07) is 28.3. The topological polar surface area (TPSA) is 262 Å². The molecule has 0 saturated carbocycles. The van der Waals surface area contributed by atoms with Crippen LogP contribution in [0.1, 0.15) is 122 Å². The number of hydrogen-bond donors (Lipinski definition) is 3. The summed E-state index contributed by atoms with van der Waals surface area (Å²) in [6.45, 7) is 29.8. The van der Waals surface area contributed by atoms with E-state index in [9.17, 15) is 0 Å². The standard InChI is InChI=1S/C51H78N6O6.C33H42N6O9/c1-34(2)19-25-58-43-16-13-40(31-46(43)61-28-22-37(7)8)52-49-55-50(53-41-14-17-44(59-26-20-35(3)4)47(32-41)62-29-23-38(9)10)57-51(56-49)54-42-15-18-45(60-27-21-36(5)6)48(33-42)63-30-24-39(11)12;1-37(19-13-22(40-4)28(46-10)23(14-19)41-5)31-34-32(38(2)20-15-24(42-6)29(47-11)25(16-20)43-7)36-33(35-31)39(3)21-17-26(44-8)30(48-12)27(18-21)45-9/h13-18,31-39H,19-30H2,1-12H3,(H3,52,53,54,55,56,57);13-18H,1-12H3. The van der Waals surface area contributed by atoms with Crippen molar-refractivity contribution in [1.29, 1.82) is 0 Å². The summed E-state index contributed by atoms with van der Waals surface area (Å²) in [7, 11) is 19.4. The molecule has 0 aliphatic rings. The van der Waals surface area contributed by atoms with Gasteiger partial charge in [0.2, 0.25) is 52.9 Å². The molecule has 2 aromatic heterocycles. The van der Waals surface area contributed by atoms with Crippen LogP contribution in [0.3, 0.4) is 0 Å². The molecule has 111 heavy (non-hydrogen) atoms. The number of benzene rings is 6. The molecule has 0 atom stereocenters. The number of nitrogens with one attached hydrogen (secondary N) is 3. The van der Waals surface area contributed by atoms with E-state index in [1.165, 1.54) is 0 Å². The molecule has 0 saturated heterocycles. The molecule has 0 fully saturated rings. The monoisotopic (exact) mass is 1540 g/mol. The lowest BCUT2D eigenvalue weighted by atomic mass is 10.1. The van der Waals surface area contributed by atoms with Gasteiger partial charge in [-0.15, -0.1) is 0 Å². The van der Waals surface area contributed by atoms with E-state index in [1.807, 2.05) is 75.7 Å². The second-order valence-electron chi connectivity index (χ2n) is 28.9. The van der Waals surface area contributed by atoms with Gasteiger partial charge in [-0.05, 0) is 110 Å². The maximum atomic E-state index is 6.30. The third-order valence-corrected chi connectivity index (χ3v) is 17.6. The predicted molar refractivity (Wildman–Crippen MR) is 441 cm³/mol. The second kappa shape index (κ2) is 43.5. The number of rotatable bonds is 45. The van der Waals surface area contributed by atoms with Crippen molar-refractivity contribution in [2.75, 3.05) is 155 Å². The maximum absolute atomic E-state index is 6.30. The summed E-state index contributed by atoms with van der Waals surface area (Å²) >= 11 is 0. The molecule has 0 spiro atoms. The van der Waals surface area contributed by atoms with Crippen LogP contribution in [-0.2, 0) is 0 Å². The minimum Gasteiger partial charge on any atom is -0.493 e. The first-order valence-corrected chi connectivity index (χ1v) is 37.9. The van der Waals surface area contributed by atoms with Crippen molar-refractivity contribution in [3.05, 3.63) is 91.0 Å². The van der Waals surface area contributed by atoms with Crippen molar-refractivity contribution >= 4 is 69.8 Å². The number of hydrogen-bond acceptors (Lipinski definition) is 27. The summed E-state index contributed by atoms with van der Waals surface area (Å²) < 4.78 is 87.7. The number of anilines is 12.